The molecule has 0 spiro atoms. The van der Waals surface area contributed by atoms with E-state index in [1.54, 1.807) is 0 Å². The molecule has 0 unspecified atom stereocenters. The van der Waals surface area contributed by atoms with E-state index >= 15 is 0 Å². The Morgan fingerprint density at radius 1 is 1.60 bits per heavy atom. The van der Waals surface area contributed by atoms with Gasteiger partial charge >= 0.3 is 0 Å². The molecular formula is C4H9B. The van der Waals surface area contributed by atoms with Gasteiger partial charge in [-0.2, -0.15) is 0 Å². The summed E-state index contributed by atoms with van der Waals surface area (Å²) < 4.78 is 0. The predicted octanol–water partition coefficient (Wildman–Crippen LogP) is 0.543. The molecule has 0 rings (SSSR count). The molecule has 0 atom stereocenters. The Balaban J connectivity index is 3.14. The lowest BCUT2D eigenvalue weighted by Crippen LogP contribution is -1.57. The topological polar surface area (TPSA) is 0 Å². The highest BCUT2D eigenvalue weighted by molar-refractivity contribution is 6.17. The van der Waals surface area contributed by atoms with Crippen LogP contribution in [0.4, 0.5) is 0 Å². The summed E-state index contributed by atoms with van der Waals surface area (Å²) in [4.78, 5) is 0. The van der Waals surface area contributed by atoms with E-state index in [-0.39, 0.29) is 0 Å². The minimum Gasteiger partial charge on any atom is -0.125 e. The third-order valence-corrected chi connectivity index (χ3v) is 0.577. The number of allylic oxidation sites excluding steroid dienone is 1. The molecular weight excluding hydrogens is 58.9 g/mol. The SMILES string of the molecule is BC=C(C)C. The molecule has 0 aromatic heterocycles. The zero-order valence-corrected chi connectivity index (χ0v) is 4.08. The summed E-state index contributed by atoms with van der Waals surface area (Å²) in [6.07, 6.45) is 0. The molecule has 0 amide bonds. The Kier molecular flexibility index (Phi) is 1.99. The molecule has 0 aromatic carbocycles. The van der Waals surface area contributed by atoms with Crippen LogP contribution in [0.25, 0.3) is 0 Å². The lowest BCUT2D eigenvalue weighted by molar-refractivity contribution is 1.41. The van der Waals surface area contributed by atoms with Gasteiger partial charge in [0.1, 0.15) is 7.85 Å². The van der Waals surface area contributed by atoms with Gasteiger partial charge in [0.25, 0.3) is 0 Å². The third-order valence-electron chi connectivity index (χ3n) is 0.577. The second-order valence-electron chi connectivity index (χ2n) is 1.37. The van der Waals surface area contributed by atoms with Crippen molar-refractivity contribution in [3.8, 4) is 0 Å². The molecule has 5 heavy (non-hydrogen) atoms. The zero-order valence-electron chi connectivity index (χ0n) is 4.08. The molecule has 28 valence electrons. The van der Waals surface area contributed by atoms with Crippen molar-refractivity contribution in [3.05, 3.63) is 11.5 Å². The molecule has 0 radical (unpaired) electrons. The van der Waals surface area contributed by atoms with Crippen LogP contribution in [0.3, 0.4) is 0 Å². The van der Waals surface area contributed by atoms with Crippen LogP contribution < -0.4 is 0 Å². The van der Waals surface area contributed by atoms with Crippen LogP contribution in [-0.4, -0.2) is 7.85 Å². The maximum Gasteiger partial charge on any atom is 0.129 e. The van der Waals surface area contributed by atoms with Gasteiger partial charge in [-0.05, 0) is 13.8 Å². The van der Waals surface area contributed by atoms with E-state index in [0.29, 0.717) is 0 Å². The van der Waals surface area contributed by atoms with Crippen molar-refractivity contribution in [1.82, 2.24) is 0 Å². The Morgan fingerprint density at radius 2 is 1.80 bits per heavy atom. The Hall–Kier alpha value is -0.195. The monoisotopic (exact) mass is 68.1 g/mol. The van der Waals surface area contributed by atoms with Crippen LogP contribution in [0, 0.1) is 0 Å². The molecule has 1 heteroatoms. The number of hydrogen-bond donors (Lipinski definition) is 0. The van der Waals surface area contributed by atoms with E-state index in [0.717, 1.165) is 0 Å². The normalized spacial score (nSPS) is 6.80. The number of hydrogen-bond acceptors (Lipinski definition) is 0. The fourth-order valence-corrected chi connectivity index (χ4v) is 0. The van der Waals surface area contributed by atoms with E-state index < -0.39 is 0 Å². The third kappa shape index (κ3) is 3.80. The molecule has 0 saturated heterocycles. The summed E-state index contributed by atoms with van der Waals surface area (Å²) in [7, 11) is 2.04. The van der Waals surface area contributed by atoms with Gasteiger partial charge in [0.05, 0.1) is 0 Å². The van der Waals surface area contributed by atoms with Crippen molar-refractivity contribution in [1.29, 1.82) is 0 Å². The minimum atomic E-state index is 1.38. The van der Waals surface area contributed by atoms with Crippen LogP contribution in [0.1, 0.15) is 13.8 Å². The summed E-state index contributed by atoms with van der Waals surface area (Å²) in [5.41, 5.74) is 1.38. The van der Waals surface area contributed by atoms with E-state index in [1.807, 2.05) is 7.85 Å². The molecule has 0 heterocycles. The summed E-state index contributed by atoms with van der Waals surface area (Å²) in [6, 6.07) is 0. The van der Waals surface area contributed by atoms with Crippen LogP contribution in [0.15, 0.2) is 11.5 Å². The average Bonchev–Trinajstić information content (AvgIpc) is 1.38. The predicted molar refractivity (Wildman–Crippen MR) is 28.0 cm³/mol. The summed E-state index contributed by atoms with van der Waals surface area (Å²) >= 11 is 0. The number of rotatable bonds is 0. The lowest BCUT2D eigenvalue weighted by Gasteiger charge is -1.74. The van der Waals surface area contributed by atoms with Crippen molar-refractivity contribution in [2.75, 3.05) is 0 Å². The fraction of sp³-hybridized carbons (Fsp3) is 0.500. The van der Waals surface area contributed by atoms with Gasteiger partial charge in [0.2, 0.25) is 0 Å². The summed E-state index contributed by atoms with van der Waals surface area (Å²) in [5, 5.41) is 0. The summed E-state index contributed by atoms with van der Waals surface area (Å²) in [5.74, 6) is 2.08. The molecule has 0 aromatic rings. The van der Waals surface area contributed by atoms with Gasteiger partial charge in [0.15, 0.2) is 0 Å². The zero-order chi connectivity index (χ0) is 4.28. The first-order chi connectivity index (χ1) is 2.27. The first kappa shape index (κ1) is 4.80. The van der Waals surface area contributed by atoms with Crippen molar-refractivity contribution in [2.45, 2.75) is 13.8 Å². The Morgan fingerprint density at radius 3 is 1.80 bits per heavy atom. The fourth-order valence-electron chi connectivity index (χ4n) is 0. The maximum atomic E-state index is 2.08. The van der Waals surface area contributed by atoms with Gasteiger partial charge in [-0.15, -0.1) is 5.98 Å². The lowest BCUT2D eigenvalue weighted by atomic mass is 10.1. The molecule has 0 nitrogen and oxygen atoms in total. The van der Waals surface area contributed by atoms with Gasteiger partial charge in [-0.1, -0.05) is 5.57 Å². The molecule has 0 N–H and O–H groups in total. The first-order valence-electron chi connectivity index (χ1n) is 1.87. The molecule has 0 fully saturated rings. The first-order valence-corrected chi connectivity index (χ1v) is 1.87. The van der Waals surface area contributed by atoms with Crippen molar-refractivity contribution < 1.29 is 0 Å². The second-order valence-corrected chi connectivity index (χ2v) is 1.37. The van der Waals surface area contributed by atoms with Gasteiger partial charge < -0.3 is 0 Å². The summed E-state index contributed by atoms with van der Waals surface area (Å²) in [6.45, 7) is 4.17. The highest BCUT2D eigenvalue weighted by Crippen LogP contribution is 1.79. The largest absolute Gasteiger partial charge is 0.129 e. The van der Waals surface area contributed by atoms with E-state index in [4.69, 9.17) is 0 Å². The second kappa shape index (κ2) is 2.07. The van der Waals surface area contributed by atoms with Crippen molar-refractivity contribution >= 4 is 7.85 Å². The van der Waals surface area contributed by atoms with Gasteiger partial charge in [0, 0.05) is 0 Å². The van der Waals surface area contributed by atoms with E-state index in [1.165, 1.54) is 5.57 Å². The molecule has 0 aliphatic carbocycles. The standard InChI is InChI=1S/C4H9B/c1-4(2)3-5/h3H,5H2,1-2H3. The Labute approximate surface area is 34.3 Å². The van der Waals surface area contributed by atoms with Crippen LogP contribution in [-0.2, 0) is 0 Å². The smallest absolute Gasteiger partial charge is 0.125 e. The van der Waals surface area contributed by atoms with E-state index in [2.05, 4.69) is 19.8 Å². The highest BCUT2D eigenvalue weighted by Gasteiger charge is 1.60. The maximum absolute atomic E-state index is 2.08. The van der Waals surface area contributed by atoms with Crippen molar-refractivity contribution in [3.63, 3.8) is 0 Å². The van der Waals surface area contributed by atoms with Crippen LogP contribution in [0.2, 0.25) is 0 Å². The molecule has 0 aliphatic rings. The molecule has 0 saturated carbocycles. The highest BCUT2D eigenvalue weighted by atomic mass is 13.6. The van der Waals surface area contributed by atoms with E-state index in [9.17, 15) is 0 Å². The van der Waals surface area contributed by atoms with Crippen LogP contribution >= 0.6 is 0 Å². The molecule has 0 aliphatic heterocycles. The quantitative estimate of drug-likeness (QED) is 0.363. The van der Waals surface area contributed by atoms with Crippen LogP contribution in [0.5, 0.6) is 0 Å². The Bertz CT molecular complexity index is 41.6. The van der Waals surface area contributed by atoms with Crippen molar-refractivity contribution in [2.24, 2.45) is 0 Å². The minimum absolute atomic E-state index is 1.38. The molecule has 0 bridgehead atoms. The van der Waals surface area contributed by atoms with Gasteiger partial charge in [-0.25, -0.2) is 0 Å². The van der Waals surface area contributed by atoms with Gasteiger partial charge in [-0.3, -0.25) is 0 Å². The average molecular weight is 67.9 g/mol.